The minimum Gasteiger partial charge on any atom is -0.352 e. The van der Waals surface area contributed by atoms with Gasteiger partial charge in [0.15, 0.2) is 0 Å². The van der Waals surface area contributed by atoms with Gasteiger partial charge in [-0.05, 0) is 19.9 Å². The van der Waals surface area contributed by atoms with Gasteiger partial charge >= 0.3 is 0 Å². The van der Waals surface area contributed by atoms with Crippen LogP contribution in [0.5, 0.6) is 0 Å². The number of rotatable bonds is 2. The lowest BCUT2D eigenvalue weighted by Gasteiger charge is -2.18. The summed E-state index contributed by atoms with van der Waals surface area (Å²) in [6, 6.07) is 3.24. The van der Waals surface area contributed by atoms with E-state index in [4.69, 9.17) is 11.6 Å². The molecule has 2 rings (SSSR count). The molecule has 0 bridgehead atoms. The van der Waals surface area contributed by atoms with Gasteiger partial charge in [0.05, 0.1) is 23.1 Å². The van der Waals surface area contributed by atoms with E-state index < -0.39 is 0 Å². The first-order valence-corrected chi connectivity index (χ1v) is 5.54. The highest BCUT2D eigenvalue weighted by Crippen LogP contribution is 2.38. The fraction of sp³-hybridized carbons (Fsp3) is 0.455. The van der Waals surface area contributed by atoms with Crippen LogP contribution in [0.1, 0.15) is 13.8 Å². The van der Waals surface area contributed by atoms with Crippen LogP contribution in [0.25, 0.3) is 0 Å². The lowest BCUT2D eigenvalue weighted by atomic mass is 10.2. The predicted molar refractivity (Wildman–Crippen MR) is 62.3 cm³/mol. The van der Waals surface area contributed by atoms with Gasteiger partial charge in [-0.25, -0.2) is 4.39 Å². The van der Waals surface area contributed by atoms with Crippen LogP contribution in [0.2, 0.25) is 5.02 Å². The third kappa shape index (κ3) is 1.65. The first-order chi connectivity index (χ1) is 7.17. The van der Waals surface area contributed by atoms with Crippen molar-refractivity contribution in [3.8, 4) is 0 Å². The average molecular weight is 229 g/mol. The summed E-state index contributed by atoms with van der Waals surface area (Å²) < 4.78 is 13.3. The van der Waals surface area contributed by atoms with Crippen molar-refractivity contribution in [2.45, 2.75) is 13.8 Å². The average Bonchev–Trinajstić information content (AvgIpc) is 2.56. The Morgan fingerprint density at radius 1 is 1.20 bits per heavy atom. The van der Waals surface area contributed by atoms with Gasteiger partial charge in [0.2, 0.25) is 0 Å². The van der Waals surface area contributed by atoms with Gasteiger partial charge in [0.1, 0.15) is 5.82 Å². The molecular weight excluding hydrogens is 215 g/mol. The fourth-order valence-corrected chi connectivity index (χ4v) is 2.09. The van der Waals surface area contributed by atoms with Crippen LogP contribution in [0.15, 0.2) is 12.1 Å². The molecule has 15 heavy (non-hydrogen) atoms. The molecule has 82 valence electrons. The third-order valence-electron chi connectivity index (χ3n) is 2.80. The van der Waals surface area contributed by atoms with Crippen LogP contribution in [0.3, 0.4) is 0 Å². The van der Waals surface area contributed by atoms with Gasteiger partial charge in [0.25, 0.3) is 0 Å². The molecule has 0 radical (unpaired) electrons. The molecule has 0 atom stereocenters. The Bertz CT molecular complexity index is 346. The second-order valence-electron chi connectivity index (χ2n) is 3.61. The summed E-state index contributed by atoms with van der Waals surface area (Å²) in [6.45, 7) is 6.76. The Balaban J connectivity index is 2.49. The van der Waals surface area contributed by atoms with Crippen molar-refractivity contribution >= 4 is 23.0 Å². The number of hydrogen-bond acceptors (Lipinski definition) is 2. The minimum absolute atomic E-state index is 0.199. The van der Waals surface area contributed by atoms with Crippen LogP contribution in [-0.4, -0.2) is 19.8 Å². The van der Waals surface area contributed by atoms with E-state index in [1.54, 1.807) is 6.07 Å². The van der Waals surface area contributed by atoms with E-state index in [1.807, 2.05) is 0 Å². The fourth-order valence-electron chi connectivity index (χ4n) is 1.93. The van der Waals surface area contributed by atoms with E-state index in [0.717, 1.165) is 31.1 Å². The molecule has 0 unspecified atom stereocenters. The lowest BCUT2D eigenvalue weighted by Crippen LogP contribution is -2.30. The van der Waals surface area contributed by atoms with Crippen LogP contribution >= 0.6 is 11.6 Å². The molecule has 0 N–H and O–H groups in total. The van der Waals surface area contributed by atoms with Gasteiger partial charge in [-0.2, -0.15) is 0 Å². The quantitative estimate of drug-likeness (QED) is 0.768. The molecule has 1 aliphatic rings. The number of halogens is 2. The molecule has 2 nitrogen and oxygen atoms in total. The second-order valence-corrected chi connectivity index (χ2v) is 4.02. The Labute approximate surface area is 94.2 Å². The normalized spacial score (nSPS) is 14.7. The first-order valence-electron chi connectivity index (χ1n) is 5.16. The maximum atomic E-state index is 13.3. The van der Waals surface area contributed by atoms with Gasteiger partial charge < -0.3 is 9.80 Å². The molecule has 1 heterocycles. The van der Waals surface area contributed by atoms with Crippen molar-refractivity contribution in [2.75, 3.05) is 29.6 Å². The molecule has 1 aliphatic heterocycles. The summed E-state index contributed by atoms with van der Waals surface area (Å²) in [5.41, 5.74) is 1.98. The van der Waals surface area contributed by atoms with Crippen LogP contribution in [0.4, 0.5) is 15.8 Å². The minimum atomic E-state index is -0.341. The number of hydrogen-bond donors (Lipinski definition) is 0. The molecule has 4 heteroatoms. The summed E-state index contributed by atoms with van der Waals surface area (Å²) >= 11 is 5.79. The van der Waals surface area contributed by atoms with E-state index in [9.17, 15) is 4.39 Å². The summed E-state index contributed by atoms with van der Waals surface area (Å²) in [5, 5.41) is 0.199. The molecule has 0 aromatic heterocycles. The van der Waals surface area contributed by atoms with Crippen molar-refractivity contribution in [3.63, 3.8) is 0 Å². The molecule has 0 aliphatic carbocycles. The van der Waals surface area contributed by atoms with Crippen LogP contribution < -0.4 is 9.80 Å². The highest BCUT2D eigenvalue weighted by Gasteiger charge is 2.25. The van der Waals surface area contributed by atoms with Gasteiger partial charge in [-0.3, -0.25) is 0 Å². The van der Waals surface area contributed by atoms with Crippen molar-refractivity contribution in [2.24, 2.45) is 0 Å². The molecule has 0 saturated carbocycles. The Morgan fingerprint density at radius 3 is 2.27 bits per heavy atom. The molecule has 1 aromatic rings. The van der Waals surface area contributed by atoms with Crippen molar-refractivity contribution in [1.29, 1.82) is 0 Å². The van der Waals surface area contributed by atoms with E-state index in [0.29, 0.717) is 0 Å². The van der Waals surface area contributed by atoms with E-state index in [-0.39, 0.29) is 10.8 Å². The second kappa shape index (κ2) is 3.89. The zero-order valence-electron chi connectivity index (χ0n) is 8.93. The van der Waals surface area contributed by atoms with Crippen molar-refractivity contribution in [1.82, 2.24) is 0 Å². The SMILES string of the molecule is CCN1CN(CC)c2cc(Cl)c(F)cc21. The Hall–Kier alpha value is -0.960. The maximum absolute atomic E-state index is 13.3. The number of benzene rings is 1. The van der Waals surface area contributed by atoms with Crippen molar-refractivity contribution in [3.05, 3.63) is 23.0 Å². The number of fused-ring (bicyclic) bond motifs is 1. The molecule has 0 fully saturated rings. The molecular formula is C11H14ClFN2. The van der Waals surface area contributed by atoms with Crippen LogP contribution in [0, 0.1) is 5.82 Å². The monoisotopic (exact) mass is 228 g/mol. The van der Waals surface area contributed by atoms with Gasteiger partial charge in [-0.15, -0.1) is 0 Å². The zero-order chi connectivity index (χ0) is 11.0. The predicted octanol–water partition coefficient (Wildman–Crippen LogP) is 3.10. The first kappa shape index (κ1) is 10.6. The van der Waals surface area contributed by atoms with Gasteiger partial charge in [-0.1, -0.05) is 11.6 Å². The highest BCUT2D eigenvalue weighted by molar-refractivity contribution is 6.31. The highest BCUT2D eigenvalue weighted by atomic mass is 35.5. The molecule has 0 spiro atoms. The summed E-state index contributed by atoms with van der Waals surface area (Å²) in [6.07, 6.45) is 0. The summed E-state index contributed by atoms with van der Waals surface area (Å²) in [7, 11) is 0. The van der Waals surface area contributed by atoms with E-state index >= 15 is 0 Å². The Morgan fingerprint density at radius 2 is 1.73 bits per heavy atom. The molecule has 0 saturated heterocycles. The third-order valence-corrected chi connectivity index (χ3v) is 3.09. The summed E-state index contributed by atoms with van der Waals surface area (Å²) in [5.74, 6) is -0.341. The smallest absolute Gasteiger partial charge is 0.144 e. The Kier molecular flexibility index (Phi) is 2.74. The molecule has 1 aromatic carbocycles. The maximum Gasteiger partial charge on any atom is 0.144 e. The van der Waals surface area contributed by atoms with Crippen molar-refractivity contribution < 1.29 is 4.39 Å². The van der Waals surface area contributed by atoms with E-state index in [2.05, 4.69) is 23.6 Å². The van der Waals surface area contributed by atoms with E-state index in [1.165, 1.54) is 6.07 Å². The lowest BCUT2D eigenvalue weighted by molar-refractivity contribution is 0.628. The van der Waals surface area contributed by atoms with Gasteiger partial charge in [0, 0.05) is 19.2 Å². The van der Waals surface area contributed by atoms with Crippen LogP contribution in [-0.2, 0) is 0 Å². The number of nitrogens with zero attached hydrogens (tertiary/aromatic N) is 2. The topological polar surface area (TPSA) is 6.48 Å². The molecule has 0 amide bonds. The standard InChI is InChI=1S/C11H14ClFN2/c1-3-14-7-15(4-2)11-6-9(13)8(12)5-10(11)14/h5-6H,3-4,7H2,1-2H3. The largest absolute Gasteiger partial charge is 0.352 e. The number of anilines is 2. The summed E-state index contributed by atoms with van der Waals surface area (Å²) in [4.78, 5) is 4.32. The zero-order valence-corrected chi connectivity index (χ0v) is 9.68.